The van der Waals surface area contributed by atoms with Gasteiger partial charge in [0.25, 0.3) is 0 Å². The predicted octanol–water partition coefficient (Wildman–Crippen LogP) is 2.57. The molecule has 1 aromatic carbocycles. The first-order valence-corrected chi connectivity index (χ1v) is 6.56. The molecule has 3 rings (SSSR count). The fourth-order valence-corrected chi connectivity index (χ4v) is 2.68. The highest BCUT2D eigenvalue weighted by molar-refractivity contribution is 5.78. The number of hydrogen-bond acceptors (Lipinski definition) is 3. The molecule has 1 fully saturated rings. The van der Waals surface area contributed by atoms with E-state index in [4.69, 9.17) is 10.5 Å². The Balaban J connectivity index is 1.99. The van der Waals surface area contributed by atoms with E-state index in [1.165, 1.54) is 12.1 Å². The van der Waals surface area contributed by atoms with Crippen molar-refractivity contribution in [3.05, 3.63) is 24.0 Å². The zero-order valence-corrected chi connectivity index (χ0v) is 11.0. The lowest BCUT2D eigenvalue weighted by atomic mass is 9.82. The fraction of sp³-hybridized carbons (Fsp3) is 0.500. The summed E-state index contributed by atoms with van der Waals surface area (Å²) in [5, 5.41) is 0. The van der Waals surface area contributed by atoms with Crippen molar-refractivity contribution in [3.8, 4) is 0 Å². The molecule has 4 nitrogen and oxygen atoms in total. The molecule has 0 saturated carbocycles. The van der Waals surface area contributed by atoms with Crippen molar-refractivity contribution >= 4 is 17.0 Å². The topological polar surface area (TPSA) is 53.1 Å². The van der Waals surface area contributed by atoms with Crippen LogP contribution in [0.2, 0.25) is 0 Å². The summed E-state index contributed by atoms with van der Waals surface area (Å²) in [5.74, 6) is 0.194. The van der Waals surface area contributed by atoms with Crippen molar-refractivity contribution in [3.63, 3.8) is 0 Å². The molecule has 102 valence electrons. The van der Waals surface area contributed by atoms with Crippen molar-refractivity contribution in [1.82, 2.24) is 9.55 Å². The van der Waals surface area contributed by atoms with E-state index < -0.39 is 0 Å². The Labute approximate surface area is 111 Å². The lowest BCUT2D eigenvalue weighted by molar-refractivity contribution is 0.0163. The van der Waals surface area contributed by atoms with E-state index in [2.05, 4.69) is 11.9 Å². The molecule has 1 aromatic heterocycles. The number of fused-ring (bicyclic) bond motifs is 1. The highest BCUT2D eigenvalue weighted by Crippen LogP contribution is 2.34. The highest BCUT2D eigenvalue weighted by atomic mass is 19.1. The van der Waals surface area contributed by atoms with E-state index in [0.717, 1.165) is 43.6 Å². The molecule has 0 aliphatic carbocycles. The van der Waals surface area contributed by atoms with Gasteiger partial charge in [-0.2, -0.15) is 0 Å². The lowest BCUT2D eigenvalue weighted by Gasteiger charge is -2.34. The molecule has 0 amide bonds. The zero-order valence-electron chi connectivity index (χ0n) is 11.0. The largest absolute Gasteiger partial charge is 0.381 e. The molecule has 2 N–H and O–H groups in total. The Morgan fingerprint density at radius 2 is 2.16 bits per heavy atom. The van der Waals surface area contributed by atoms with E-state index in [0.29, 0.717) is 5.95 Å². The predicted molar refractivity (Wildman–Crippen MR) is 72.3 cm³/mol. The summed E-state index contributed by atoms with van der Waals surface area (Å²) >= 11 is 0. The third-order valence-electron chi connectivity index (χ3n) is 3.98. The van der Waals surface area contributed by atoms with Crippen LogP contribution in [0.1, 0.15) is 19.8 Å². The van der Waals surface area contributed by atoms with E-state index in [1.807, 2.05) is 4.57 Å². The number of rotatable bonds is 2. The molecule has 0 spiro atoms. The number of nitrogen functional groups attached to an aromatic ring is 1. The Hall–Kier alpha value is -1.62. The maximum atomic E-state index is 13.4. The summed E-state index contributed by atoms with van der Waals surface area (Å²) in [6.45, 7) is 4.52. The second-order valence-electron chi connectivity index (χ2n) is 5.61. The maximum Gasteiger partial charge on any atom is 0.201 e. The van der Waals surface area contributed by atoms with E-state index in [1.54, 1.807) is 6.07 Å². The molecular weight excluding hydrogens is 245 g/mol. The van der Waals surface area contributed by atoms with Crippen LogP contribution in [0.5, 0.6) is 0 Å². The Morgan fingerprint density at radius 3 is 2.89 bits per heavy atom. The summed E-state index contributed by atoms with van der Waals surface area (Å²) < 4.78 is 20.7. The molecule has 2 heterocycles. The van der Waals surface area contributed by atoms with Gasteiger partial charge in [0, 0.05) is 19.8 Å². The van der Waals surface area contributed by atoms with E-state index in [-0.39, 0.29) is 11.2 Å². The molecular formula is C14H18FN3O. The van der Waals surface area contributed by atoms with Gasteiger partial charge in [-0.1, -0.05) is 6.92 Å². The van der Waals surface area contributed by atoms with Gasteiger partial charge in [-0.25, -0.2) is 9.37 Å². The highest BCUT2D eigenvalue weighted by Gasteiger charge is 2.29. The molecule has 1 aliphatic rings. The quantitative estimate of drug-likeness (QED) is 0.906. The van der Waals surface area contributed by atoms with Crippen LogP contribution >= 0.6 is 0 Å². The van der Waals surface area contributed by atoms with Gasteiger partial charge in [-0.05, 0) is 36.5 Å². The number of aromatic nitrogens is 2. The lowest BCUT2D eigenvalue weighted by Crippen LogP contribution is -2.31. The molecule has 0 bridgehead atoms. The van der Waals surface area contributed by atoms with Gasteiger partial charge in [0.1, 0.15) is 5.82 Å². The van der Waals surface area contributed by atoms with Crippen molar-refractivity contribution in [2.75, 3.05) is 18.9 Å². The first-order chi connectivity index (χ1) is 9.07. The number of benzene rings is 1. The van der Waals surface area contributed by atoms with Gasteiger partial charge in [0.05, 0.1) is 11.0 Å². The minimum Gasteiger partial charge on any atom is -0.381 e. The van der Waals surface area contributed by atoms with Gasteiger partial charge in [-0.15, -0.1) is 0 Å². The van der Waals surface area contributed by atoms with Crippen molar-refractivity contribution < 1.29 is 9.13 Å². The SMILES string of the molecule is CC1(Cn2c(N)nc3ccc(F)cc32)CCOCC1. The number of imidazole rings is 1. The minimum atomic E-state index is -0.259. The molecule has 0 radical (unpaired) electrons. The summed E-state index contributed by atoms with van der Waals surface area (Å²) in [6, 6.07) is 4.58. The van der Waals surface area contributed by atoms with Crippen LogP contribution < -0.4 is 5.73 Å². The third kappa shape index (κ3) is 2.30. The van der Waals surface area contributed by atoms with Crippen LogP contribution in [0.3, 0.4) is 0 Å². The monoisotopic (exact) mass is 263 g/mol. The normalized spacial score (nSPS) is 18.8. The van der Waals surface area contributed by atoms with Gasteiger partial charge in [-0.3, -0.25) is 0 Å². The summed E-state index contributed by atoms with van der Waals surface area (Å²) in [6.07, 6.45) is 1.98. The molecule has 1 saturated heterocycles. The number of anilines is 1. The van der Waals surface area contributed by atoms with Crippen LogP contribution in [-0.4, -0.2) is 22.8 Å². The number of ether oxygens (including phenoxy) is 1. The number of nitrogens with zero attached hydrogens (tertiary/aromatic N) is 2. The van der Waals surface area contributed by atoms with Crippen LogP contribution in [0.4, 0.5) is 10.3 Å². The van der Waals surface area contributed by atoms with Gasteiger partial charge in [0.15, 0.2) is 0 Å². The Morgan fingerprint density at radius 1 is 1.42 bits per heavy atom. The van der Waals surface area contributed by atoms with Crippen molar-refractivity contribution in [1.29, 1.82) is 0 Å². The smallest absolute Gasteiger partial charge is 0.201 e. The Kier molecular flexibility index (Phi) is 2.93. The first kappa shape index (κ1) is 12.4. The van der Waals surface area contributed by atoms with Gasteiger partial charge in [0.2, 0.25) is 5.95 Å². The Bertz CT molecular complexity index is 602. The maximum absolute atomic E-state index is 13.4. The fourth-order valence-electron chi connectivity index (χ4n) is 2.68. The van der Waals surface area contributed by atoms with Crippen molar-refractivity contribution in [2.45, 2.75) is 26.3 Å². The summed E-state index contributed by atoms with van der Waals surface area (Å²) in [7, 11) is 0. The third-order valence-corrected chi connectivity index (χ3v) is 3.98. The van der Waals surface area contributed by atoms with E-state index >= 15 is 0 Å². The molecule has 5 heteroatoms. The molecule has 19 heavy (non-hydrogen) atoms. The average molecular weight is 263 g/mol. The summed E-state index contributed by atoms with van der Waals surface area (Å²) in [4.78, 5) is 4.29. The zero-order chi connectivity index (χ0) is 13.5. The van der Waals surface area contributed by atoms with Gasteiger partial charge < -0.3 is 15.0 Å². The first-order valence-electron chi connectivity index (χ1n) is 6.56. The number of hydrogen-bond donors (Lipinski definition) is 1. The molecule has 2 aromatic rings. The second kappa shape index (κ2) is 4.49. The van der Waals surface area contributed by atoms with Crippen LogP contribution in [0.15, 0.2) is 18.2 Å². The second-order valence-corrected chi connectivity index (χ2v) is 5.61. The standard InChI is InChI=1S/C14H18FN3O/c1-14(4-6-19-7-5-14)9-18-12-8-10(15)2-3-11(12)17-13(18)16/h2-3,8H,4-7,9H2,1H3,(H2,16,17). The minimum absolute atomic E-state index is 0.131. The number of nitrogens with two attached hydrogens (primary N) is 1. The van der Waals surface area contributed by atoms with Gasteiger partial charge >= 0.3 is 0 Å². The molecule has 0 atom stereocenters. The van der Waals surface area contributed by atoms with E-state index in [9.17, 15) is 4.39 Å². The van der Waals surface area contributed by atoms with Crippen molar-refractivity contribution in [2.24, 2.45) is 5.41 Å². The molecule has 0 unspecified atom stereocenters. The van der Waals surface area contributed by atoms with Crippen LogP contribution in [0.25, 0.3) is 11.0 Å². The van der Waals surface area contributed by atoms with Crippen LogP contribution in [-0.2, 0) is 11.3 Å². The number of halogens is 1. The van der Waals surface area contributed by atoms with Crippen LogP contribution in [0, 0.1) is 11.2 Å². The average Bonchev–Trinajstić information content (AvgIpc) is 2.67. The summed E-state index contributed by atoms with van der Waals surface area (Å²) in [5.41, 5.74) is 7.62. The molecule has 1 aliphatic heterocycles.